The van der Waals surface area contributed by atoms with Crippen LogP contribution in [0.4, 0.5) is 0 Å². The van der Waals surface area contributed by atoms with E-state index in [2.05, 4.69) is 15.2 Å². The first-order chi connectivity index (χ1) is 8.78. The molecule has 0 fully saturated rings. The van der Waals surface area contributed by atoms with Crippen molar-refractivity contribution in [3.8, 4) is 11.5 Å². The van der Waals surface area contributed by atoms with Crippen molar-refractivity contribution in [3.63, 3.8) is 0 Å². The Balaban J connectivity index is 2.27. The first-order valence-corrected chi connectivity index (χ1v) is 6.06. The van der Waals surface area contributed by atoms with Gasteiger partial charge in [-0.25, -0.2) is 0 Å². The Kier molecular flexibility index (Phi) is 2.72. The molecule has 0 aliphatic carbocycles. The van der Waals surface area contributed by atoms with E-state index in [0.29, 0.717) is 11.8 Å². The van der Waals surface area contributed by atoms with Crippen molar-refractivity contribution in [1.29, 1.82) is 0 Å². The van der Waals surface area contributed by atoms with Gasteiger partial charge in [0, 0.05) is 16.6 Å². The number of hydrogen-bond acceptors (Lipinski definition) is 4. The van der Waals surface area contributed by atoms with Gasteiger partial charge < -0.3 is 4.42 Å². The second kappa shape index (κ2) is 4.38. The van der Waals surface area contributed by atoms with Crippen LogP contribution in [0.5, 0.6) is 0 Å². The third-order valence-corrected chi connectivity index (χ3v) is 2.88. The fourth-order valence-electron chi connectivity index (χ4n) is 1.90. The lowest BCUT2D eigenvalue weighted by atomic mass is 10.1. The number of nitrogens with zero attached hydrogens (tertiary/aromatic N) is 3. The molecule has 0 saturated heterocycles. The standard InChI is InChI=1S/C13H10ClN3O/c1-8-6-10(13-17-16-12(7-14)18-13)9-4-2-3-5-11(9)15-8/h2-6H,7H2,1H3. The maximum Gasteiger partial charge on any atom is 0.248 e. The number of fused-ring (bicyclic) bond motifs is 1. The predicted octanol–water partition coefficient (Wildman–Crippen LogP) is 3.33. The number of hydrogen-bond donors (Lipinski definition) is 0. The van der Waals surface area contributed by atoms with E-state index in [1.807, 2.05) is 37.3 Å². The molecule has 0 unspecified atom stereocenters. The monoisotopic (exact) mass is 259 g/mol. The molecule has 0 amide bonds. The van der Waals surface area contributed by atoms with Crippen LogP contribution in [0.1, 0.15) is 11.6 Å². The Hall–Kier alpha value is -1.94. The van der Waals surface area contributed by atoms with Gasteiger partial charge in [0.05, 0.1) is 5.52 Å². The van der Waals surface area contributed by atoms with Gasteiger partial charge in [-0.15, -0.1) is 21.8 Å². The molecule has 4 nitrogen and oxygen atoms in total. The fourth-order valence-corrected chi connectivity index (χ4v) is 2.01. The molecule has 1 aromatic carbocycles. The molecule has 0 atom stereocenters. The Bertz CT molecular complexity index is 708. The normalized spacial score (nSPS) is 11.0. The number of para-hydroxylation sites is 1. The SMILES string of the molecule is Cc1cc(-c2nnc(CCl)o2)c2ccccc2n1. The molecular formula is C13H10ClN3O. The van der Waals surface area contributed by atoms with Gasteiger partial charge in [0.15, 0.2) is 0 Å². The second-order valence-electron chi connectivity index (χ2n) is 3.96. The number of alkyl halides is 1. The van der Waals surface area contributed by atoms with Crippen LogP contribution < -0.4 is 0 Å². The van der Waals surface area contributed by atoms with E-state index in [4.69, 9.17) is 16.0 Å². The average Bonchev–Trinajstić information content (AvgIpc) is 2.86. The van der Waals surface area contributed by atoms with Crippen LogP contribution in [0.2, 0.25) is 0 Å². The number of halogens is 1. The van der Waals surface area contributed by atoms with Crippen molar-refractivity contribution in [2.45, 2.75) is 12.8 Å². The Labute approximate surface area is 109 Å². The zero-order valence-electron chi connectivity index (χ0n) is 9.72. The van der Waals surface area contributed by atoms with Crippen LogP contribution in [-0.2, 0) is 5.88 Å². The predicted molar refractivity (Wildman–Crippen MR) is 69.3 cm³/mol. The van der Waals surface area contributed by atoms with Crippen LogP contribution in [-0.4, -0.2) is 15.2 Å². The molecule has 3 aromatic rings. The summed E-state index contributed by atoms with van der Waals surface area (Å²) in [6.07, 6.45) is 0. The van der Waals surface area contributed by atoms with E-state index >= 15 is 0 Å². The molecule has 0 radical (unpaired) electrons. The summed E-state index contributed by atoms with van der Waals surface area (Å²) in [6.45, 7) is 1.94. The largest absolute Gasteiger partial charge is 0.419 e. The highest BCUT2D eigenvalue weighted by Crippen LogP contribution is 2.27. The van der Waals surface area contributed by atoms with Gasteiger partial charge in [0.25, 0.3) is 0 Å². The molecule has 0 aliphatic rings. The molecule has 2 aromatic heterocycles. The highest BCUT2D eigenvalue weighted by Gasteiger charge is 2.12. The minimum atomic E-state index is 0.217. The van der Waals surface area contributed by atoms with Crippen molar-refractivity contribution in [3.05, 3.63) is 41.9 Å². The number of benzene rings is 1. The van der Waals surface area contributed by atoms with Gasteiger partial charge in [-0.05, 0) is 19.1 Å². The number of rotatable bonds is 2. The van der Waals surface area contributed by atoms with Gasteiger partial charge in [0.2, 0.25) is 11.8 Å². The first-order valence-electron chi connectivity index (χ1n) is 5.53. The van der Waals surface area contributed by atoms with Crippen LogP contribution in [0.15, 0.2) is 34.7 Å². The summed E-state index contributed by atoms with van der Waals surface area (Å²) in [5, 5.41) is 8.89. The van der Waals surface area contributed by atoms with Gasteiger partial charge in [-0.2, -0.15) is 0 Å². The smallest absolute Gasteiger partial charge is 0.248 e. The molecule has 0 aliphatic heterocycles. The molecule has 90 valence electrons. The van der Waals surface area contributed by atoms with E-state index in [-0.39, 0.29) is 5.88 Å². The Morgan fingerprint density at radius 1 is 1.22 bits per heavy atom. The summed E-state index contributed by atoms with van der Waals surface area (Å²) in [7, 11) is 0. The quantitative estimate of drug-likeness (QED) is 0.663. The fraction of sp³-hybridized carbons (Fsp3) is 0.154. The van der Waals surface area contributed by atoms with Crippen LogP contribution in [0.25, 0.3) is 22.4 Å². The summed E-state index contributed by atoms with van der Waals surface area (Å²) >= 11 is 5.67. The molecule has 5 heteroatoms. The molecule has 0 spiro atoms. The Morgan fingerprint density at radius 2 is 2.06 bits per heavy atom. The molecule has 3 rings (SSSR count). The molecule has 0 saturated carbocycles. The second-order valence-corrected chi connectivity index (χ2v) is 4.23. The lowest BCUT2D eigenvalue weighted by Crippen LogP contribution is -1.88. The van der Waals surface area contributed by atoms with Crippen LogP contribution in [0.3, 0.4) is 0 Å². The van der Waals surface area contributed by atoms with Crippen molar-refractivity contribution in [1.82, 2.24) is 15.2 Å². The Morgan fingerprint density at radius 3 is 2.83 bits per heavy atom. The molecule has 0 bridgehead atoms. The third-order valence-electron chi connectivity index (χ3n) is 2.66. The summed E-state index contributed by atoms with van der Waals surface area (Å²) in [6, 6.07) is 9.80. The van der Waals surface area contributed by atoms with Gasteiger partial charge in [-0.3, -0.25) is 4.98 Å². The topological polar surface area (TPSA) is 51.8 Å². The molecule has 0 N–H and O–H groups in total. The van der Waals surface area contributed by atoms with Crippen molar-refractivity contribution < 1.29 is 4.42 Å². The lowest BCUT2D eigenvalue weighted by Gasteiger charge is -2.03. The first kappa shape index (κ1) is 11.2. The zero-order valence-corrected chi connectivity index (χ0v) is 10.5. The number of aryl methyl sites for hydroxylation is 1. The van der Waals surface area contributed by atoms with Crippen molar-refractivity contribution >= 4 is 22.5 Å². The van der Waals surface area contributed by atoms with E-state index in [1.165, 1.54) is 0 Å². The number of pyridine rings is 1. The minimum absolute atomic E-state index is 0.217. The average molecular weight is 260 g/mol. The van der Waals surface area contributed by atoms with E-state index < -0.39 is 0 Å². The summed E-state index contributed by atoms with van der Waals surface area (Å²) in [5.41, 5.74) is 2.72. The van der Waals surface area contributed by atoms with E-state index in [1.54, 1.807) is 0 Å². The van der Waals surface area contributed by atoms with E-state index in [0.717, 1.165) is 22.2 Å². The molecular weight excluding hydrogens is 250 g/mol. The van der Waals surface area contributed by atoms with Crippen molar-refractivity contribution in [2.24, 2.45) is 0 Å². The maximum absolute atomic E-state index is 5.67. The third kappa shape index (κ3) is 1.84. The summed E-state index contributed by atoms with van der Waals surface area (Å²) in [4.78, 5) is 4.47. The van der Waals surface area contributed by atoms with Gasteiger partial charge in [-0.1, -0.05) is 18.2 Å². The lowest BCUT2D eigenvalue weighted by molar-refractivity contribution is 0.527. The highest BCUT2D eigenvalue weighted by atomic mass is 35.5. The minimum Gasteiger partial charge on any atom is -0.419 e. The van der Waals surface area contributed by atoms with Gasteiger partial charge in [0.1, 0.15) is 5.88 Å². The zero-order chi connectivity index (χ0) is 12.5. The summed E-state index contributed by atoms with van der Waals surface area (Å²) < 4.78 is 5.50. The molecule has 18 heavy (non-hydrogen) atoms. The van der Waals surface area contributed by atoms with Gasteiger partial charge >= 0.3 is 0 Å². The summed E-state index contributed by atoms with van der Waals surface area (Å²) in [5.74, 6) is 1.12. The highest BCUT2D eigenvalue weighted by molar-refractivity contribution is 6.16. The molecule has 2 heterocycles. The van der Waals surface area contributed by atoms with Crippen LogP contribution >= 0.6 is 11.6 Å². The van der Waals surface area contributed by atoms with Crippen molar-refractivity contribution in [2.75, 3.05) is 0 Å². The number of aromatic nitrogens is 3. The maximum atomic E-state index is 5.67. The van der Waals surface area contributed by atoms with E-state index in [9.17, 15) is 0 Å². The van der Waals surface area contributed by atoms with Crippen LogP contribution in [0, 0.1) is 6.92 Å².